The number of benzene rings is 1. The largest absolute Gasteiger partial charge is 0.497 e. The van der Waals surface area contributed by atoms with Crippen molar-refractivity contribution < 1.29 is 4.74 Å². The molecule has 3 rings (SSSR count). The molecule has 23 heavy (non-hydrogen) atoms. The minimum Gasteiger partial charge on any atom is -0.497 e. The van der Waals surface area contributed by atoms with E-state index >= 15 is 0 Å². The van der Waals surface area contributed by atoms with Crippen molar-refractivity contribution in [1.29, 1.82) is 0 Å². The Morgan fingerprint density at radius 1 is 1.30 bits per heavy atom. The number of rotatable bonds is 4. The lowest BCUT2D eigenvalue weighted by Crippen LogP contribution is -2.23. The first-order valence-electron chi connectivity index (χ1n) is 8.50. The number of hydrogen-bond acceptors (Lipinski definition) is 2. The van der Waals surface area contributed by atoms with E-state index in [1.165, 1.54) is 28.7 Å². The Hall–Kier alpha value is -2.02. The zero-order valence-electron chi connectivity index (χ0n) is 14.1. The summed E-state index contributed by atoms with van der Waals surface area (Å²) in [5, 5.41) is 0. The van der Waals surface area contributed by atoms with Gasteiger partial charge in [0.05, 0.1) is 7.11 Å². The number of fused-ring (bicyclic) bond motifs is 1. The van der Waals surface area contributed by atoms with Crippen LogP contribution in [0.4, 0.5) is 0 Å². The molecule has 120 valence electrons. The van der Waals surface area contributed by atoms with Gasteiger partial charge in [0.2, 0.25) is 0 Å². The number of ether oxygens (including phenoxy) is 1. The highest BCUT2D eigenvalue weighted by atomic mass is 16.5. The van der Waals surface area contributed by atoms with Crippen LogP contribution in [0.5, 0.6) is 0 Å². The maximum absolute atomic E-state index is 5.93. The van der Waals surface area contributed by atoms with Gasteiger partial charge in [0.15, 0.2) is 0 Å². The van der Waals surface area contributed by atoms with Crippen molar-refractivity contribution in [2.24, 2.45) is 11.7 Å². The number of methoxy groups -OCH3 is 1. The summed E-state index contributed by atoms with van der Waals surface area (Å²) in [6.45, 7) is 2.92. The van der Waals surface area contributed by atoms with Crippen molar-refractivity contribution in [2.45, 2.75) is 32.6 Å². The van der Waals surface area contributed by atoms with E-state index in [9.17, 15) is 0 Å². The van der Waals surface area contributed by atoms with Gasteiger partial charge in [0.25, 0.3) is 0 Å². The number of allylic oxidation sites excluding steroid dienone is 4. The van der Waals surface area contributed by atoms with Gasteiger partial charge in [-0.05, 0) is 78.6 Å². The third-order valence-corrected chi connectivity index (χ3v) is 4.85. The lowest BCUT2D eigenvalue weighted by molar-refractivity contribution is 0.306. The summed E-state index contributed by atoms with van der Waals surface area (Å²) in [5.74, 6) is 1.48. The molecule has 0 fully saturated rings. The molecule has 1 atom stereocenters. The molecule has 0 bridgehead atoms. The summed E-state index contributed by atoms with van der Waals surface area (Å²) in [6, 6.07) is 6.64. The molecule has 0 aromatic heterocycles. The molecule has 1 aromatic rings. The topological polar surface area (TPSA) is 35.2 Å². The molecule has 0 amide bonds. The highest BCUT2D eigenvalue weighted by Gasteiger charge is 2.21. The molecule has 0 unspecified atom stereocenters. The Bertz CT molecular complexity index is 717. The minimum absolute atomic E-state index is 0.598. The predicted molar refractivity (Wildman–Crippen MR) is 96.0 cm³/mol. The Morgan fingerprint density at radius 2 is 2.17 bits per heavy atom. The fraction of sp³-hybridized carbons (Fsp3) is 0.381. The Morgan fingerprint density at radius 3 is 2.91 bits per heavy atom. The van der Waals surface area contributed by atoms with Crippen LogP contribution in [0.25, 0.3) is 5.57 Å². The van der Waals surface area contributed by atoms with Crippen LogP contribution in [0.1, 0.15) is 36.5 Å². The van der Waals surface area contributed by atoms with E-state index in [-0.39, 0.29) is 0 Å². The van der Waals surface area contributed by atoms with Crippen LogP contribution >= 0.6 is 0 Å². The van der Waals surface area contributed by atoms with Crippen LogP contribution in [-0.2, 0) is 17.6 Å². The first kappa shape index (κ1) is 15.9. The van der Waals surface area contributed by atoms with Gasteiger partial charge < -0.3 is 10.5 Å². The zero-order chi connectivity index (χ0) is 16.2. The molecule has 2 aliphatic carbocycles. The maximum atomic E-state index is 5.93. The second kappa shape index (κ2) is 7.04. The molecule has 0 saturated heterocycles. The maximum Gasteiger partial charge on any atom is 0.119 e. The molecule has 2 heteroatoms. The molecule has 0 heterocycles. The van der Waals surface area contributed by atoms with Gasteiger partial charge >= 0.3 is 0 Å². The van der Waals surface area contributed by atoms with Crippen LogP contribution in [0.2, 0.25) is 0 Å². The fourth-order valence-corrected chi connectivity index (χ4v) is 3.42. The molecule has 2 aliphatic rings. The van der Waals surface area contributed by atoms with Crippen molar-refractivity contribution in [3.8, 4) is 0 Å². The Balaban J connectivity index is 2.08. The van der Waals surface area contributed by atoms with Crippen LogP contribution in [0.3, 0.4) is 0 Å². The summed E-state index contributed by atoms with van der Waals surface area (Å²) in [6.07, 6.45) is 10.6. The molecular formula is C21H25NO. The first-order valence-corrected chi connectivity index (χ1v) is 8.50. The molecule has 2 nitrogen and oxygen atoms in total. The van der Waals surface area contributed by atoms with Gasteiger partial charge in [0, 0.05) is 5.57 Å². The van der Waals surface area contributed by atoms with Crippen LogP contribution in [-0.4, -0.2) is 13.7 Å². The zero-order valence-corrected chi connectivity index (χ0v) is 14.1. The molecule has 1 aromatic carbocycles. The molecule has 0 aliphatic heterocycles. The summed E-state index contributed by atoms with van der Waals surface area (Å²) in [7, 11) is 1.71. The Kier molecular flexibility index (Phi) is 4.85. The fourth-order valence-electron chi connectivity index (χ4n) is 3.42. The molecule has 0 saturated carbocycles. The van der Waals surface area contributed by atoms with Gasteiger partial charge in [-0.2, -0.15) is 0 Å². The van der Waals surface area contributed by atoms with Crippen molar-refractivity contribution in [1.82, 2.24) is 0 Å². The molecule has 0 radical (unpaired) electrons. The number of nitrogens with two attached hydrogens (primary N) is 1. The van der Waals surface area contributed by atoms with E-state index in [2.05, 4.69) is 43.0 Å². The summed E-state index contributed by atoms with van der Waals surface area (Å²) in [5.41, 5.74) is 16.1. The van der Waals surface area contributed by atoms with Gasteiger partial charge in [0.1, 0.15) is 5.76 Å². The van der Waals surface area contributed by atoms with E-state index in [0.29, 0.717) is 5.92 Å². The first-order chi connectivity index (χ1) is 11.2. The summed E-state index contributed by atoms with van der Waals surface area (Å²) in [4.78, 5) is 0. The minimum atomic E-state index is 0.598. The number of aryl methyl sites for hydroxylation is 1. The third kappa shape index (κ3) is 3.34. The van der Waals surface area contributed by atoms with E-state index in [1.54, 1.807) is 7.11 Å². The molecular weight excluding hydrogens is 282 g/mol. The van der Waals surface area contributed by atoms with Gasteiger partial charge in [-0.3, -0.25) is 0 Å². The van der Waals surface area contributed by atoms with Crippen LogP contribution < -0.4 is 5.73 Å². The number of hydrogen-bond donors (Lipinski definition) is 1. The summed E-state index contributed by atoms with van der Waals surface area (Å²) < 4.78 is 5.42. The standard InChI is InChI=1S/C21H25NO/c1-3-15-11-18(9-10-19(12-15)23-2)20-6-4-5-17-8-7-16(14-22)13-21(17)20/h4-6,9-10,12,16H,3,7-8,13-14,22H2,1-2H3/t16-/m0/s1. The normalized spacial score (nSPS) is 20.1. The Labute approximate surface area is 139 Å². The monoisotopic (exact) mass is 307 g/mol. The van der Waals surface area contributed by atoms with Crippen molar-refractivity contribution in [3.63, 3.8) is 0 Å². The third-order valence-electron chi connectivity index (χ3n) is 4.85. The molecule has 2 N–H and O–H groups in total. The van der Waals surface area contributed by atoms with Gasteiger partial charge in [-0.25, -0.2) is 0 Å². The van der Waals surface area contributed by atoms with Crippen molar-refractivity contribution >= 4 is 5.57 Å². The van der Waals surface area contributed by atoms with Crippen molar-refractivity contribution in [2.75, 3.05) is 13.7 Å². The van der Waals surface area contributed by atoms with E-state index in [0.717, 1.165) is 37.1 Å². The predicted octanol–water partition coefficient (Wildman–Crippen LogP) is 4.17. The van der Waals surface area contributed by atoms with E-state index < -0.39 is 0 Å². The highest BCUT2D eigenvalue weighted by Crippen LogP contribution is 2.32. The quantitative estimate of drug-likeness (QED) is 0.847. The lowest BCUT2D eigenvalue weighted by Gasteiger charge is -2.25. The smallest absolute Gasteiger partial charge is 0.119 e. The van der Waals surface area contributed by atoms with Crippen LogP contribution in [0, 0.1) is 5.92 Å². The van der Waals surface area contributed by atoms with Crippen molar-refractivity contribution in [3.05, 3.63) is 70.2 Å². The van der Waals surface area contributed by atoms with E-state index in [1.807, 2.05) is 6.08 Å². The summed E-state index contributed by atoms with van der Waals surface area (Å²) >= 11 is 0. The van der Waals surface area contributed by atoms with Gasteiger partial charge in [-0.15, -0.1) is 5.73 Å². The van der Waals surface area contributed by atoms with Crippen LogP contribution in [0.15, 0.2) is 53.5 Å². The van der Waals surface area contributed by atoms with Gasteiger partial charge in [-0.1, -0.05) is 25.1 Å². The highest BCUT2D eigenvalue weighted by molar-refractivity contribution is 5.78. The second-order valence-electron chi connectivity index (χ2n) is 6.29. The lowest BCUT2D eigenvalue weighted by atomic mass is 9.80. The second-order valence-corrected chi connectivity index (χ2v) is 6.29. The molecule has 0 spiro atoms. The average Bonchev–Trinajstić information content (AvgIpc) is 2.82. The SMILES string of the molecule is CCC1=C=C(c2cccc3c2C[C@@H](CN)CC3)C=CC(OC)=C1. The van der Waals surface area contributed by atoms with E-state index in [4.69, 9.17) is 10.5 Å². The average molecular weight is 307 g/mol.